The lowest BCUT2D eigenvalue weighted by Crippen LogP contribution is -2.10. The molecule has 0 aromatic heterocycles. The quantitative estimate of drug-likeness (QED) is 0.492. The summed E-state index contributed by atoms with van der Waals surface area (Å²) >= 11 is 0. The predicted octanol–water partition coefficient (Wildman–Crippen LogP) is 2.05. The fraction of sp³-hybridized carbons (Fsp3) is 0.231. The molecule has 0 fully saturated rings. The molecule has 82 valence electrons. The van der Waals surface area contributed by atoms with Gasteiger partial charge in [0.1, 0.15) is 11.5 Å². The minimum atomic E-state index is -0.387. The number of fused-ring (bicyclic) bond motifs is 1. The molecule has 0 amide bonds. The summed E-state index contributed by atoms with van der Waals surface area (Å²) in [7, 11) is 0. The second-order valence-electron chi connectivity index (χ2n) is 3.69. The van der Waals surface area contributed by atoms with Crippen molar-refractivity contribution in [1.82, 2.24) is 0 Å². The third kappa shape index (κ3) is 2.57. The van der Waals surface area contributed by atoms with Crippen molar-refractivity contribution in [2.75, 3.05) is 0 Å². The number of esters is 1. The van der Waals surface area contributed by atoms with Crippen LogP contribution in [0.4, 0.5) is 0 Å². The summed E-state index contributed by atoms with van der Waals surface area (Å²) in [5, 5.41) is 0. The van der Waals surface area contributed by atoms with Crippen LogP contribution in [0.3, 0.4) is 0 Å². The first-order valence-corrected chi connectivity index (χ1v) is 5.23. The van der Waals surface area contributed by atoms with E-state index in [4.69, 9.17) is 4.74 Å². The first-order chi connectivity index (χ1) is 7.75. The van der Waals surface area contributed by atoms with E-state index in [2.05, 4.69) is 0 Å². The maximum Gasteiger partial charge on any atom is 0.335 e. The van der Waals surface area contributed by atoms with Crippen LogP contribution in [0.2, 0.25) is 0 Å². The predicted molar refractivity (Wildman–Crippen MR) is 59.2 cm³/mol. The van der Waals surface area contributed by atoms with Gasteiger partial charge in [-0.3, -0.25) is 4.79 Å². The minimum Gasteiger partial charge on any atom is -0.423 e. The number of rotatable bonds is 0. The van der Waals surface area contributed by atoms with E-state index in [0.717, 1.165) is 5.56 Å². The van der Waals surface area contributed by atoms with Gasteiger partial charge in [-0.1, -0.05) is 24.3 Å². The van der Waals surface area contributed by atoms with E-state index in [9.17, 15) is 9.59 Å². The molecule has 2 rings (SSSR count). The van der Waals surface area contributed by atoms with Gasteiger partial charge in [-0.25, -0.2) is 4.79 Å². The Morgan fingerprint density at radius 3 is 2.81 bits per heavy atom. The zero-order valence-electron chi connectivity index (χ0n) is 8.81. The summed E-state index contributed by atoms with van der Waals surface area (Å²) in [5.74, 6) is 0.254. The van der Waals surface area contributed by atoms with Crippen molar-refractivity contribution in [2.45, 2.75) is 19.3 Å². The maximum atomic E-state index is 11.6. The van der Waals surface area contributed by atoms with E-state index in [1.54, 1.807) is 18.2 Å². The molecule has 0 saturated heterocycles. The summed E-state index contributed by atoms with van der Waals surface area (Å²) < 4.78 is 5.14. The minimum absolute atomic E-state index is 0.162. The van der Waals surface area contributed by atoms with Gasteiger partial charge in [0.2, 0.25) is 0 Å². The Bertz CT molecular complexity index is 446. The molecule has 0 saturated carbocycles. The number of benzene rings is 1. The number of Topliss-reactive ketones (excluding diaryl/α,β-unsaturated/α-hetero) is 1. The lowest BCUT2D eigenvalue weighted by atomic mass is 10.0. The smallest absolute Gasteiger partial charge is 0.335 e. The molecule has 3 nitrogen and oxygen atoms in total. The number of para-hydroxylation sites is 1. The normalized spacial score (nSPS) is 18.5. The van der Waals surface area contributed by atoms with Crippen LogP contribution in [0.1, 0.15) is 18.4 Å². The second kappa shape index (κ2) is 4.75. The molecular weight excluding hydrogens is 204 g/mol. The fourth-order valence-electron chi connectivity index (χ4n) is 1.62. The molecule has 1 aliphatic heterocycles. The molecule has 1 aromatic carbocycles. The number of ketones is 1. The van der Waals surface area contributed by atoms with Crippen molar-refractivity contribution in [2.24, 2.45) is 0 Å². The van der Waals surface area contributed by atoms with Crippen LogP contribution in [0.25, 0.3) is 0 Å². The monoisotopic (exact) mass is 216 g/mol. The highest BCUT2D eigenvalue weighted by Gasteiger charge is 2.11. The van der Waals surface area contributed by atoms with Gasteiger partial charge in [-0.05, 0) is 12.5 Å². The molecule has 1 heterocycles. The number of ether oxygens (including phenoxy) is 1. The summed E-state index contributed by atoms with van der Waals surface area (Å²) in [4.78, 5) is 22.9. The molecule has 1 aliphatic rings. The van der Waals surface area contributed by atoms with E-state index in [1.807, 2.05) is 12.1 Å². The first kappa shape index (κ1) is 10.6. The summed E-state index contributed by atoms with van der Waals surface area (Å²) in [6.07, 6.45) is 4.44. The summed E-state index contributed by atoms with van der Waals surface area (Å²) in [6.45, 7) is 0. The Balaban J connectivity index is 2.33. The second-order valence-corrected chi connectivity index (χ2v) is 3.69. The molecule has 0 bridgehead atoms. The van der Waals surface area contributed by atoms with E-state index < -0.39 is 0 Å². The molecule has 1 aromatic rings. The van der Waals surface area contributed by atoms with Crippen molar-refractivity contribution in [3.05, 3.63) is 42.0 Å². The van der Waals surface area contributed by atoms with Crippen LogP contribution < -0.4 is 4.74 Å². The molecule has 0 spiro atoms. The van der Waals surface area contributed by atoms with Crippen LogP contribution >= 0.6 is 0 Å². The number of hydrogen-bond acceptors (Lipinski definition) is 3. The third-order valence-corrected chi connectivity index (χ3v) is 2.41. The highest BCUT2D eigenvalue weighted by atomic mass is 16.5. The van der Waals surface area contributed by atoms with Crippen LogP contribution in [0.15, 0.2) is 36.4 Å². The molecule has 16 heavy (non-hydrogen) atoms. The summed E-state index contributed by atoms with van der Waals surface area (Å²) in [5.41, 5.74) is 0.774. The number of carbonyl (C=O) groups is 2. The highest BCUT2D eigenvalue weighted by molar-refractivity contribution is 5.86. The Hall–Kier alpha value is -1.90. The van der Waals surface area contributed by atoms with Gasteiger partial charge in [0.05, 0.1) is 0 Å². The zero-order chi connectivity index (χ0) is 11.4. The Morgan fingerprint density at radius 1 is 1.12 bits per heavy atom. The van der Waals surface area contributed by atoms with Crippen LogP contribution in [-0.2, 0) is 16.0 Å². The highest BCUT2D eigenvalue weighted by Crippen LogP contribution is 2.20. The largest absolute Gasteiger partial charge is 0.423 e. The van der Waals surface area contributed by atoms with Crippen molar-refractivity contribution in [3.8, 4) is 5.75 Å². The van der Waals surface area contributed by atoms with Gasteiger partial charge in [0, 0.05) is 24.5 Å². The van der Waals surface area contributed by atoms with Crippen LogP contribution in [0.5, 0.6) is 5.75 Å². The average Bonchev–Trinajstić information content (AvgIpc) is 2.27. The fourth-order valence-corrected chi connectivity index (χ4v) is 1.62. The third-order valence-electron chi connectivity index (χ3n) is 2.41. The van der Waals surface area contributed by atoms with Crippen molar-refractivity contribution < 1.29 is 14.3 Å². The van der Waals surface area contributed by atoms with Gasteiger partial charge < -0.3 is 4.74 Å². The lowest BCUT2D eigenvalue weighted by molar-refractivity contribution is -0.129. The molecule has 0 unspecified atom stereocenters. The number of carbonyl (C=O) groups excluding carboxylic acids is 2. The Labute approximate surface area is 93.7 Å². The van der Waals surface area contributed by atoms with Crippen molar-refractivity contribution in [3.63, 3.8) is 0 Å². The molecular formula is C13H12O3. The maximum absolute atomic E-state index is 11.6. The number of hydrogen-bond donors (Lipinski definition) is 0. The molecule has 0 radical (unpaired) electrons. The molecule has 0 N–H and O–H groups in total. The van der Waals surface area contributed by atoms with E-state index in [0.29, 0.717) is 25.0 Å². The van der Waals surface area contributed by atoms with Crippen molar-refractivity contribution >= 4 is 11.8 Å². The summed E-state index contributed by atoms with van der Waals surface area (Å²) in [6, 6.07) is 7.13. The van der Waals surface area contributed by atoms with Gasteiger partial charge in [-0.2, -0.15) is 0 Å². The lowest BCUT2D eigenvalue weighted by Gasteiger charge is -2.09. The van der Waals surface area contributed by atoms with E-state index in [-0.39, 0.29) is 11.8 Å². The zero-order valence-corrected chi connectivity index (χ0v) is 8.81. The van der Waals surface area contributed by atoms with E-state index >= 15 is 0 Å². The Kier molecular flexibility index (Phi) is 3.15. The molecule has 3 heteroatoms. The van der Waals surface area contributed by atoms with Gasteiger partial charge in [0.15, 0.2) is 0 Å². The van der Waals surface area contributed by atoms with Crippen LogP contribution in [-0.4, -0.2) is 11.8 Å². The van der Waals surface area contributed by atoms with Gasteiger partial charge in [-0.15, -0.1) is 0 Å². The SMILES string of the molecule is O=C1CC/C=C\C(=O)Oc2ccccc2C1. The standard InChI is InChI=1S/C13H12O3/c14-11-6-2-4-8-13(15)16-12-7-3-1-5-10(12)9-11/h1,3-5,7-8H,2,6,9H2/b8-4-. The van der Waals surface area contributed by atoms with Crippen LogP contribution in [0, 0.1) is 0 Å². The van der Waals surface area contributed by atoms with Gasteiger partial charge >= 0.3 is 5.97 Å². The Morgan fingerprint density at radius 2 is 1.94 bits per heavy atom. The topological polar surface area (TPSA) is 43.4 Å². The average molecular weight is 216 g/mol. The van der Waals surface area contributed by atoms with Crippen molar-refractivity contribution in [1.29, 1.82) is 0 Å². The molecule has 0 aliphatic carbocycles. The number of allylic oxidation sites excluding steroid dienone is 1. The van der Waals surface area contributed by atoms with E-state index in [1.165, 1.54) is 6.08 Å². The van der Waals surface area contributed by atoms with Gasteiger partial charge in [0.25, 0.3) is 0 Å². The molecule has 0 atom stereocenters. The first-order valence-electron chi connectivity index (χ1n) is 5.23.